The first-order chi connectivity index (χ1) is 8.40. The lowest BCUT2D eigenvalue weighted by Gasteiger charge is -2.14. The molecule has 0 radical (unpaired) electrons. The third-order valence-electron chi connectivity index (χ3n) is 3.04. The molecule has 0 aromatic heterocycles. The molecule has 1 aromatic rings. The molecule has 2 unspecified atom stereocenters. The first kappa shape index (κ1) is 14.4. The van der Waals surface area contributed by atoms with Gasteiger partial charge in [0.15, 0.2) is 0 Å². The van der Waals surface area contributed by atoms with Crippen LogP contribution >= 0.6 is 0 Å². The van der Waals surface area contributed by atoms with Crippen LogP contribution in [0.1, 0.15) is 32.8 Å². The summed E-state index contributed by atoms with van der Waals surface area (Å²) in [6.07, 6.45) is 0.528. The maximum Gasteiger partial charge on any atom is 0.314 e. The van der Waals surface area contributed by atoms with Crippen molar-refractivity contribution in [2.24, 2.45) is 11.8 Å². The number of carbonyl (C=O) groups excluding carboxylic acids is 2. The van der Waals surface area contributed by atoms with Gasteiger partial charge < -0.3 is 4.74 Å². The minimum atomic E-state index is -0.285. The molecule has 0 aliphatic carbocycles. The lowest BCUT2D eigenvalue weighted by Crippen LogP contribution is -2.22. The van der Waals surface area contributed by atoms with E-state index in [-0.39, 0.29) is 23.6 Å². The molecule has 0 saturated carbocycles. The molecule has 0 N–H and O–H groups in total. The molecule has 1 rings (SSSR count). The summed E-state index contributed by atoms with van der Waals surface area (Å²) in [5.41, 5.74) is 1.12. The molecule has 0 amide bonds. The van der Waals surface area contributed by atoms with Gasteiger partial charge in [-0.2, -0.15) is 0 Å². The van der Waals surface area contributed by atoms with Gasteiger partial charge in [0.2, 0.25) is 0 Å². The van der Waals surface area contributed by atoms with Crippen LogP contribution in [0.3, 0.4) is 0 Å². The minimum absolute atomic E-state index is 0.102. The van der Waals surface area contributed by atoms with Crippen molar-refractivity contribution in [3.8, 4) is 5.75 Å². The summed E-state index contributed by atoms with van der Waals surface area (Å²) >= 11 is 0. The zero-order valence-electron chi connectivity index (χ0n) is 11.4. The van der Waals surface area contributed by atoms with Crippen LogP contribution in [0, 0.1) is 18.8 Å². The molecule has 0 spiro atoms. The Morgan fingerprint density at radius 2 is 1.67 bits per heavy atom. The topological polar surface area (TPSA) is 43.4 Å². The van der Waals surface area contributed by atoms with E-state index in [9.17, 15) is 9.59 Å². The SMILES string of the molecule is CC(=O)C(C)CC(C)C(=O)Oc1ccc(C)cc1. The van der Waals surface area contributed by atoms with Crippen molar-refractivity contribution in [2.45, 2.75) is 34.1 Å². The van der Waals surface area contributed by atoms with Crippen LogP contribution in [-0.4, -0.2) is 11.8 Å². The van der Waals surface area contributed by atoms with Crippen LogP contribution in [0.15, 0.2) is 24.3 Å². The largest absolute Gasteiger partial charge is 0.426 e. The third kappa shape index (κ3) is 4.32. The molecule has 0 aliphatic rings. The smallest absolute Gasteiger partial charge is 0.314 e. The third-order valence-corrected chi connectivity index (χ3v) is 3.04. The Labute approximate surface area is 108 Å². The molecule has 1 aromatic carbocycles. The van der Waals surface area contributed by atoms with Crippen LogP contribution in [0.2, 0.25) is 0 Å². The summed E-state index contributed by atoms with van der Waals surface area (Å²) < 4.78 is 5.26. The zero-order chi connectivity index (χ0) is 13.7. The van der Waals surface area contributed by atoms with E-state index in [0.29, 0.717) is 12.2 Å². The fourth-order valence-corrected chi connectivity index (χ4v) is 1.62. The van der Waals surface area contributed by atoms with Crippen LogP contribution in [0.4, 0.5) is 0 Å². The fraction of sp³-hybridized carbons (Fsp3) is 0.467. The molecule has 0 fully saturated rings. The summed E-state index contributed by atoms with van der Waals surface area (Å²) in [6, 6.07) is 7.33. The Hall–Kier alpha value is -1.64. The Morgan fingerprint density at radius 3 is 2.17 bits per heavy atom. The maximum atomic E-state index is 11.8. The molecule has 98 valence electrons. The monoisotopic (exact) mass is 248 g/mol. The highest BCUT2D eigenvalue weighted by atomic mass is 16.5. The summed E-state index contributed by atoms with van der Waals surface area (Å²) in [4.78, 5) is 23.0. The maximum absolute atomic E-state index is 11.8. The molecule has 0 aliphatic heterocycles. The van der Waals surface area contributed by atoms with Gasteiger partial charge in [-0.1, -0.05) is 31.5 Å². The van der Waals surface area contributed by atoms with Crippen molar-refractivity contribution >= 4 is 11.8 Å². The van der Waals surface area contributed by atoms with Crippen molar-refractivity contribution < 1.29 is 14.3 Å². The Kier molecular flexibility index (Phi) is 5.08. The summed E-state index contributed by atoms with van der Waals surface area (Å²) in [5, 5.41) is 0. The number of carbonyl (C=O) groups is 2. The number of ketones is 1. The average molecular weight is 248 g/mol. The van der Waals surface area contributed by atoms with Gasteiger partial charge in [-0.3, -0.25) is 9.59 Å². The van der Waals surface area contributed by atoms with Gasteiger partial charge in [0, 0.05) is 5.92 Å². The molecular formula is C15H20O3. The molecule has 0 heterocycles. The summed E-state index contributed by atoms with van der Waals surface area (Å²) in [7, 11) is 0. The first-order valence-corrected chi connectivity index (χ1v) is 6.19. The number of hydrogen-bond donors (Lipinski definition) is 0. The second-order valence-corrected chi connectivity index (χ2v) is 4.88. The highest BCUT2D eigenvalue weighted by Crippen LogP contribution is 2.17. The van der Waals surface area contributed by atoms with Crippen molar-refractivity contribution in [3.63, 3.8) is 0 Å². The van der Waals surface area contributed by atoms with E-state index in [0.717, 1.165) is 5.56 Å². The molecule has 3 nitrogen and oxygen atoms in total. The number of aryl methyl sites for hydroxylation is 1. The van der Waals surface area contributed by atoms with E-state index in [1.165, 1.54) is 0 Å². The Bertz CT molecular complexity index is 420. The molecule has 2 atom stereocenters. The lowest BCUT2D eigenvalue weighted by molar-refractivity contribution is -0.139. The van der Waals surface area contributed by atoms with Crippen molar-refractivity contribution in [2.75, 3.05) is 0 Å². The average Bonchev–Trinajstić information content (AvgIpc) is 2.31. The zero-order valence-corrected chi connectivity index (χ0v) is 11.4. The second kappa shape index (κ2) is 6.34. The molecule has 3 heteroatoms. The molecule has 0 bridgehead atoms. The Morgan fingerprint density at radius 1 is 1.11 bits per heavy atom. The van der Waals surface area contributed by atoms with Crippen molar-refractivity contribution in [3.05, 3.63) is 29.8 Å². The van der Waals surface area contributed by atoms with Gasteiger partial charge in [-0.25, -0.2) is 0 Å². The summed E-state index contributed by atoms with van der Waals surface area (Å²) in [6.45, 7) is 7.14. The fourth-order valence-electron chi connectivity index (χ4n) is 1.62. The number of esters is 1. The predicted octanol–water partition coefficient (Wildman–Crippen LogP) is 3.15. The molecule has 0 saturated heterocycles. The van der Waals surface area contributed by atoms with Crippen LogP contribution in [0.25, 0.3) is 0 Å². The van der Waals surface area contributed by atoms with Gasteiger partial charge >= 0.3 is 5.97 Å². The van der Waals surface area contributed by atoms with E-state index in [1.54, 1.807) is 26.0 Å². The van der Waals surface area contributed by atoms with E-state index < -0.39 is 0 Å². The molecule has 18 heavy (non-hydrogen) atoms. The van der Waals surface area contributed by atoms with E-state index >= 15 is 0 Å². The summed E-state index contributed by atoms with van der Waals surface area (Å²) in [5.74, 6) is -0.0133. The highest BCUT2D eigenvalue weighted by Gasteiger charge is 2.20. The quantitative estimate of drug-likeness (QED) is 0.594. The number of benzene rings is 1. The van der Waals surface area contributed by atoms with Crippen LogP contribution in [0.5, 0.6) is 5.75 Å². The second-order valence-electron chi connectivity index (χ2n) is 4.88. The number of Topliss-reactive ketones (excluding diaryl/α,β-unsaturated/α-hetero) is 1. The highest BCUT2D eigenvalue weighted by molar-refractivity contribution is 5.80. The minimum Gasteiger partial charge on any atom is -0.426 e. The first-order valence-electron chi connectivity index (χ1n) is 6.19. The van der Waals surface area contributed by atoms with E-state index in [2.05, 4.69) is 0 Å². The van der Waals surface area contributed by atoms with Crippen molar-refractivity contribution in [1.82, 2.24) is 0 Å². The number of rotatable bonds is 5. The van der Waals surface area contributed by atoms with Crippen LogP contribution in [-0.2, 0) is 9.59 Å². The predicted molar refractivity (Wildman–Crippen MR) is 70.4 cm³/mol. The van der Waals surface area contributed by atoms with Crippen molar-refractivity contribution in [1.29, 1.82) is 0 Å². The molecular weight excluding hydrogens is 228 g/mol. The lowest BCUT2D eigenvalue weighted by atomic mass is 9.95. The number of hydrogen-bond acceptors (Lipinski definition) is 3. The van der Waals surface area contributed by atoms with Gasteiger partial charge in [0.05, 0.1) is 5.92 Å². The number of ether oxygens (including phenoxy) is 1. The Balaban J connectivity index is 2.54. The van der Waals surface area contributed by atoms with E-state index in [1.807, 2.05) is 26.0 Å². The van der Waals surface area contributed by atoms with Gasteiger partial charge in [-0.15, -0.1) is 0 Å². The van der Waals surface area contributed by atoms with Gasteiger partial charge in [-0.05, 0) is 32.4 Å². The van der Waals surface area contributed by atoms with Gasteiger partial charge in [0.1, 0.15) is 11.5 Å². The van der Waals surface area contributed by atoms with Crippen LogP contribution < -0.4 is 4.74 Å². The standard InChI is InChI=1S/C15H20O3/c1-10-5-7-14(8-6-10)18-15(17)12(3)9-11(2)13(4)16/h5-8,11-12H,9H2,1-4H3. The van der Waals surface area contributed by atoms with E-state index in [4.69, 9.17) is 4.74 Å². The van der Waals surface area contributed by atoms with Gasteiger partial charge in [0.25, 0.3) is 0 Å². The normalized spacial score (nSPS) is 13.8.